The molecule has 0 radical (unpaired) electrons. The minimum atomic E-state index is 0.217. The highest BCUT2D eigenvalue weighted by Gasteiger charge is 2.54. The number of carbonyl (C=O) groups excluding carboxylic acids is 1. The van der Waals surface area contributed by atoms with Gasteiger partial charge in [-0.15, -0.1) is 23.5 Å². The van der Waals surface area contributed by atoms with E-state index in [1.165, 1.54) is 42.9 Å². The van der Waals surface area contributed by atoms with Gasteiger partial charge < -0.3 is 4.90 Å². The molecule has 4 aliphatic rings. The lowest BCUT2D eigenvalue weighted by atomic mass is 9.78. The average Bonchev–Trinajstić information content (AvgIpc) is 3.13. The van der Waals surface area contributed by atoms with Gasteiger partial charge in [-0.3, -0.25) is 4.79 Å². The zero-order chi connectivity index (χ0) is 14.7. The van der Waals surface area contributed by atoms with Crippen LogP contribution in [0.1, 0.15) is 41.6 Å². The molecule has 2 fully saturated rings. The Morgan fingerprint density at radius 3 is 2.59 bits per heavy atom. The predicted octanol–water partition coefficient (Wildman–Crippen LogP) is 4.23. The highest BCUT2D eigenvalue weighted by atomic mass is 32.2. The summed E-state index contributed by atoms with van der Waals surface area (Å²) in [7, 11) is 0. The maximum absolute atomic E-state index is 13.0. The first-order valence-corrected chi connectivity index (χ1v) is 10.2. The van der Waals surface area contributed by atoms with Crippen molar-refractivity contribution >= 4 is 35.1 Å². The van der Waals surface area contributed by atoms with Crippen molar-refractivity contribution in [3.05, 3.63) is 41.5 Å². The van der Waals surface area contributed by atoms with Gasteiger partial charge >= 0.3 is 0 Å². The maximum Gasteiger partial charge on any atom is 0.259 e. The van der Waals surface area contributed by atoms with Gasteiger partial charge in [0.1, 0.15) is 0 Å². The first-order valence-electron chi connectivity index (χ1n) is 8.24. The summed E-state index contributed by atoms with van der Waals surface area (Å²) in [5.74, 6) is 3.35. The molecule has 3 heterocycles. The van der Waals surface area contributed by atoms with Crippen LogP contribution in [0.25, 0.3) is 5.70 Å². The molecular weight excluding hydrogens is 310 g/mol. The van der Waals surface area contributed by atoms with Gasteiger partial charge in [0.05, 0.1) is 9.78 Å². The summed E-state index contributed by atoms with van der Waals surface area (Å²) in [5.41, 5.74) is 3.26. The summed E-state index contributed by atoms with van der Waals surface area (Å²) >= 11 is 4.25. The van der Waals surface area contributed by atoms with Crippen LogP contribution in [0.2, 0.25) is 0 Å². The number of hydrogen-bond donors (Lipinski definition) is 0. The molecule has 1 aromatic carbocycles. The highest BCUT2D eigenvalue weighted by molar-refractivity contribution is 8.21. The molecule has 1 amide bonds. The third-order valence-corrected chi connectivity index (χ3v) is 9.09. The maximum atomic E-state index is 13.0. The summed E-state index contributed by atoms with van der Waals surface area (Å²) in [6.45, 7) is 0. The molecule has 1 aromatic rings. The Kier molecular flexibility index (Phi) is 2.97. The Hall–Kier alpha value is -0.870. The molecule has 114 valence electrons. The second kappa shape index (κ2) is 4.81. The minimum Gasteiger partial charge on any atom is -0.305 e. The van der Waals surface area contributed by atoms with Gasteiger partial charge in [-0.05, 0) is 25.0 Å². The Bertz CT molecular complexity index is 677. The number of nitrogens with zero attached hydrogens (tertiary/aromatic N) is 1. The van der Waals surface area contributed by atoms with Crippen molar-refractivity contribution < 1.29 is 4.79 Å². The van der Waals surface area contributed by atoms with Crippen LogP contribution in [0.15, 0.2) is 30.3 Å². The molecule has 22 heavy (non-hydrogen) atoms. The molecule has 0 aromatic heterocycles. The molecule has 1 saturated carbocycles. The van der Waals surface area contributed by atoms with E-state index < -0.39 is 0 Å². The van der Waals surface area contributed by atoms with E-state index in [4.69, 9.17) is 0 Å². The molecule has 0 N–H and O–H groups in total. The lowest BCUT2D eigenvalue weighted by Gasteiger charge is -2.49. The standard InChI is InChI=1S/C18H19NOS2/c20-17-13-6-2-1-5-12(13)16-11-18(21-9-10-22-18)14-7-3-4-8-15(14)19(16)17/h1-2,5-6,11,14-15H,3-4,7-10H2/t14-,15-/m1/s1. The van der Waals surface area contributed by atoms with E-state index in [9.17, 15) is 4.79 Å². The molecule has 1 spiro atoms. The lowest BCUT2D eigenvalue weighted by Crippen LogP contribution is -2.52. The van der Waals surface area contributed by atoms with E-state index in [0.29, 0.717) is 12.0 Å². The smallest absolute Gasteiger partial charge is 0.259 e. The van der Waals surface area contributed by atoms with Gasteiger partial charge in [-0.2, -0.15) is 0 Å². The number of carbonyl (C=O) groups is 1. The van der Waals surface area contributed by atoms with E-state index in [2.05, 4.69) is 46.6 Å². The van der Waals surface area contributed by atoms with Crippen LogP contribution in [0.5, 0.6) is 0 Å². The van der Waals surface area contributed by atoms with E-state index in [1.54, 1.807) is 0 Å². The van der Waals surface area contributed by atoms with Gasteiger partial charge in [0.15, 0.2) is 0 Å². The summed E-state index contributed by atoms with van der Waals surface area (Å²) < 4.78 is 0.217. The van der Waals surface area contributed by atoms with Crippen LogP contribution < -0.4 is 0 Å². The first kappa shape index (κ1) is 13.6. The summed E-state index contributed by atoms with van der Waals surface area (Å²) in [4.78, 5) is 15.1. The van der Waals surface area contributed by atoms with E-state index in [-0.39, 0.29) is 9.99 Å². The Labute approximate surface area is 139 Å². The Morgan fingerprint density at radius 1 is 1.05 bits per heavy atom. The van der Waals surface area contributed by atoms with Gasteiger partial charge in [0.25, 0.3) is 5.91 Å². The van der Waals surface area contributed by atoms with Crippen molar-refractivity contribution in [2.45, 2.75) is 35.8 Å². The summed E-state index contributed by atoms with van der Waals surface area (Å²) in [5, 5.41) is 0. The van der Waals surface area contributed by atoms with E-state index in [1.807, 2.05) is 12.1 Å². The Morgan fingerprint density at radius 2 is 1.77 bits per heavy atom. The summed E-state index contributed by atoms with van der Waals surface area (Å²) in [6.07, 6.45) is 7.48. The van der Waals surface area contributed by atoms with E-state index in [0.717, 1.165) is 11.1 Å². The minimum absolute atomic E-state index is 0.217. The highest BCUT2D eigenvalue weighted by Crippen LogP contribution is 2.60. The molecule has 0 bridgehead atoms. The molecule has 5 rings (SSSR count). The largest absolute Gasteiger partial charge is 0.305 e. The molecule has 2 atom stereocenters. The fourth-order valence-electron chi connectivity index (χ4n) is 4.67. The SMILES string of the molecule is O=C1c2ccccc2C2=CC3(SCCS3)[C@@H]3CCCC[C@H]3N12. The monoisotopic (exact) mass is 329 g/mol. The van der Waals surface area contributed by atoms with Crippen molar-refractivity contribution in [2.75, 3.05) is 11.5 Å². The van der Waals surface area contributed by atoms with Gasteiger partial charge in [0, 0.05) is 34.6 Å². The number of thioether (sulfide) groups is 2. The van der Waals surface area contributed by atoms with Crippen LogP contribution >= 0.6 is 23.5 Å². The van der Waals surface area contributed by atoms with Crippen LogP contribution in [0.3, 0.4) is 0 Å². The van der Waals surface area contributed by atoms with Crippen molar-refractivity contribution in [1.29, 1.82) is 0 Å². The third kappa shape index (κ3) is 1.68. The van der Waals surface area contributed by atoms with Crippen molar-refractivity contribution in [2.24, 2.45) is 5.92 Å². The lowest BCUT2D eigenvalue weighted by molar-refractivity contribution is 0.0694. The Balaban J connectivity index is 1.71. The fourth-order valence-corrected chi connectivity index (χ4v) is 8.17. The second-order valence-electron chi connectivity index (χ2n) is 6.63. The van der Waals surface area contributed by atoms with Crippen LogP contribution in [-0.2, 0) is 0 Å². The predicted molar refractivity (Wildman–Crippen MR) is 94.0 cm³/mol. The molecule has 1 aliphatic carbocycles. The third-order valence-electron chi connectivity index (χ3n) is 5.57. The van der Waals surface area contributed by atoms with Gasteiger partial charge in [-0.1, -0.05) is 31.0 Å². The van der Waals surface area contributed by atoms with E-state index >= 15 is 0 Å². The quantitative estimate of drug-likeness (QED) is 0.710. The van der Waals surface area contributed by atoms with Crippen molar-refractivity contribution in [3.8, 4) is 0 Å². The number of rotatable bonds is 0. The average molecular weight is 329 g/mol. The van der Waals surface area contributed by atoms with Crippen molar-refractivity contribution in [3.63, 3.8) is 0 Å². The fraction of sp³-hybridized carbons (Fsp3) is 0.500. The van der Waals surface area contributed by atoms with Crippen LogP contribution in [-0.4, -0.2) is 32.4 Å². The molecular formula is C18H19NOS2. The van der Waals surface area contributed by atoms with Crippen LogP contribution in [0.4, 0.5) is 0 Å². The zero-order valence-electron chi connectivity index (χ0n) is 12.5. The molecule has 1 saturated heterocycles. The number of fused-ring (bicyclic) bond motifs is 6. The molecule has 2 nitrogen and oxygen atoms in total. The molecule has 3 aliphatic heterocycles. The van der Waals surface area contributed by atoms with Crippen molar-refractivity contribution in [1.82, 2.24) is 4.90 Å². The summed E-state index contributed by atoms with van der Waals surface area (Å²) in [6, 6.07) is 8.58. The van der Waals surface area contributed by atoms with Crippen LogP contribution in [0, 0.1) is 5.92 Å². The topological polar surface area (TPSA) is 20.3 Å². The molecule has 0 unspecified atom stereocenters. The van der Waals surface area contributed by atoms with Gasteiger partial charge in [0.2, 0.25) is 0 Å². The zero-order valence-corrected chi connectivity index (χ0v) is 14.1. The number of amides is 1. The molecule has 4 heteroatoms. The van der Waals surface area contributed by atoms with Gasteiger partial charge in [-0.25, -0.2) is 0 Å². The normalized spacial score (nSPS) is 31.7. The second-order valence-corrected chi connectivity index (χ2v) is 9.63. The number of benzene rings is 1. The number of hydrogen-bond acceptors (Lipinski definition) is 3. The first-order chi connectivity index (χ1) is 10.8.